The lowest BCUT2D eigenvalue weighted by Gasteiger charge is -2.34. The Morgan fingerprint density at radius 3 is 2.44 bits per heavy atom. The lowest BCUT2D eigenvalue weighted by atomic mass is 9.94. The molecule has 190 valence electrons. The molecule has 0 radical (unpaired) electrons. The van der Waals surface area contributed by atoms with Crippen LogP contribution in [0.5, 0.6) is 11.5 Å². The Labute approximate surface area is 215 Å². The maximum Gasteiger partial charge on any atom is 0.248 e. The van der Waals surface area contributed by atoms with Crippen molar-refractivity contribution >= 4 is 28.8 Å². The van der Waals surface area contributed by atoms with E-state index in [1.165, 1.54) is 47.6 Å². The fourth-order valence-electron chi connectivity index (χ4n) is 4.66. The van der Waals surface area contributed by atoms with E-state index in [2.05, 4.69) is 5.32 Å². The Bertz CT molecular complexity index is 1160. The number of nitrogens with zero attached hydrogens (tertiary/aromatic N) is 1. The number of amides is 2. The first-order valence-corrected chi connectivity index (χ1v) is 13.0. The van der Waals surface area contributed by atoms with Gasteiger partial charge in [-0.3, -0.25) is 14.5 Å². The van der Waals surface area contributed by atoms with Crippen molar-refractivity contribution in [3.05, 3.63) is 76.2 Å². The molecule has 0 bridgehead atoms. The second-order valence-corrected chi connectivity index (χ2v) is 9.88. The fourth-order valence-corrected chi connectivity index (χ4v) is 5.35. The normalized spacial score (nSPS) is 14.6. The summed E-state index contributed by atoms with van der Waals surface area (Å²) in [6, 6.07) is 13.6. The molecule has 6 nitrogen and oxygen atoms in total. The molecule has 2 amide bonds. The van der Waals surface area contributed by atoms with Crippen molar-refractivity contribution < 1.29 is 23.5 Å². The number of hydrogen-bond acceptors (Lipinski definition) is 5. The molecule has 4 rings (SSSR count). The first-order valence-electron chi connectivity index (χ1n) is 12.1. The molecule has 1 atom stereocenters. The van der Waals surface area contributed by atoms with E-state index in [9.17, 15) is 14.0 Å². The Hall–Kier alpha value is -3.39. The van der Waals surface area contributed by atoms with Gasteiger partial charge in [0.1, 0.15) is 23.4 Å². The van der Waals surface area contributed by atoms with E-state index in [0.717, 1.165) is 37.0 Å². The quantitative estimate of drug-likeness (QED) is 0.403. The van der Waals surface area contributed by atoms with Gasteiger partial charge in [0.2, 0.25) is 11.8 Å². The van der Waals surface area contributed by atoms with Crippen LogP contribution in [0.15, 0.2) is 60.0 Å². The lowest BCUT2D eigenvalue weighted by Crippen LogP contribution is -2.47. The van der Waals surface area contributed by atoms with Gasteiger partial charge in [-0.1, -0.05) is 25.3 Å². The van der Waals surface area contributed by atoms with Gasteiger partial charge in [0.15, 0.2) is 0 Å². The van der Waals surface area contributed by atoms with Crippen molar-refractivity contribution in [2.24, 2.45) is 0 Å². The van der Waals surface area contributed by atoms with Crippen molar-refractivity contribution in [3.8, 4) is 11.5 Å². The van der Waals surface area contributed by atoms with Gasteiger partial charge in [0, 0.05) is 28.2 Å². The molecular weight excluding hydrogens is 479 g/mol. The zero-order valence-electron chi connectivity index (χ0n) is 20.5. The van der Waals surface area contributed by atoms with Crippen LogP contribution in [0.1, 0.15) is 48.6 Å². The van der Waals surface area contributed by atoms with Crippen LogP contribution in [-0.2, 0) is 16.0 Å². The fraction of sp³-hybridized carbons (Fsp3) is 0.357. The molecule has 0 aliphatic heterocycles. The predicted molar refractivity (Wildman–Crippen MR) is 139 cm³/mol. The number of ether oxygens (including phenoxy) is 2. The standard InChI is InChI=1S/C28H31FN2O4S/c1-34-22-14-15-24(25(17-22)35-2)27(28(33)30-20-7-4-3-5-8-20)31(21-12-10-19(29)11-13-21)26(32)18-23-9-6-16-36-23/h6,9-17,20,27H,3-5,7-8,18H2,1-2H3,(H,30,33). The second-order valence-electron chi connectivity index (χ2n) is 8.85. The van der Waals surface area contributed by atoms with E-state index in [-0.39, 0.29) is 24.3 Å². The summed E-state index contributed by atoms with van der Waals surface area (Å²) < 4.78 is 24.8. The van der Waals surface area contributed by atoms with Crippen LogP contribution in [0.2, 0.25) is 0 Å². The highest BCUT2D eigenvalue weighted by Gasteiger charge is 2.36. The Balaban J connectivity index is 1.80. The number of thiophene rings is 1. The third-order valence-corrected chi connectivity index (χ3v) is 7.35. The van der Waals surface area contributed by atoms with Crippen molar-refractivity contribution in [2.45, 2.75) is 50.6 Å². The smallest absolute Gasteiger partial charge is 0.248 e. The van der Waals surface area contributed by atoms with Gasteiger partial charge in [-0.15, -0.1) is 11.3 Å². The number of benzene rings is 2. The number of nitrogens with one attached hydrogen (secondary N) is 1. The van der Waals surface area contributed by atoms with Crippen molar-refractivity contribution in [1.29, 1.82) is 0 Å². The highest BCUT2D eigenvalue weighted by molar-refractivity contribution is 7.10. The highest BCUT2D eigenvalue weighted by Crippen LogP contribution is 2.36. The van der Waals surface area contributed by atoms with E-state index in [0.29, 0.717) is 22.7 Å². The summed E-state index contributed by atoms with van der Waals surface area (Å²) >= 11 is 1.47. The van der Waals surface area contributed by atoms with Gasteiger partial charge >= 0.3 is 0 Å². The number of rotatable bonds is 9. The number of hydrogen-bond donors (Lipinski definition) is 1. The molecule has 0 spiro atoms. The Morgan fingerprint density at radius 1 is 1.06 bits per heavy atom. The van der Waals surface area contributed by atoms with Crippen LogP contribution >= 0.6 is 11.3 Å². The molecule has 1 unspecified atom stereocenters. The number of carbonyl (C=O) groups excluding carboxylic acids is 2. The van der Waals surface area contributed by atoms with Crippen LogP contribution in [0, 0.1) is 5.82 Å². The van der Waals surface area contributed by atoms with Gasteiger partial charge in [0.25, 0.3) is 0 Å². The molecule has 8 heteroatoms. The molecule has 1 N–H and O–H groups in total. The van der Waals surface area contributed by atoms with E-state index < -0.39 is 11.9 Å². The summed E-state index contributed by atoms with van der Waals surface area (Å²) in [6.45, 7) is 0. The molecule has 1 saturated carbocycles. The van der Waals surface area contributed by atoms with Crippen LogP contribution in [0.25, 0.3) is 0 Å². The number of anilines is 1. The van der Waals surface area contributed by atoms with Crippen LogP contribution < -0.4 is 19.7 Å². The highest BCUT2D eigenvalue weighted by atomic mass is 32.1. The SMILES string of the molecule is COc1ccc(C(C(=O)NC2CCCCC2)N(C(=O)Cc2cccs2)c2ccc(F)cc2)c(OC)c1. The molecule has 36 heavy (non-hydrogen) atoms. The van der Waals surface area contributed by atoms with Gasteiger partial charge in [-0.25, -0.2) is 4.39 Å². The van der Waals surface area contributed by atoms with Gasteiger partial charge in [-0.2, -0.15) is 0 Å². The van der Waals surface area contributed by atoms with Crippen molar-refractivity contribution in [2.75, 3.05) is 19.1 Å². The molecule has 1 heterocycles. The van der Waals surface area contributed by atoms with Crippen LogP contribution in [0.4, 0.5) is 10.1 Å². The van der Waals surface area contributed by atoms with Crippen molar-refractivity contribution in [1.82, 2.24) is 5.32 Å². The van der Waals surface area contributed by atoms with Crippen molar-refractivity contribution in [3.63, 3.8) is 0 Å². The number of carbonyl (C=O) groups is 2. The van der Waals surface area contributed by atoms with Gasteiger partial charge in [0.05, 0.1) is 20.6 Å². The summed E-state index contributed by atoms with van der Waals surface area (Å²) in [5, 5.41) is 5.09. The Kier molecular flexibility index (Phi) is 8.59. The minimum Gasteiger partial charge on any atom is -0.497 e. The molecular formula is C28H31FN2O4S. The molecule has 1 aliphatic carbocycles. The molecule has 1 fully saturated rings. The first-order chi connectivity index (χ1) is 17.5. The zero-order chi connectivity index (χ0) is 25.5. The van der Waals surface area contributed by atoms with Gasteiger partial charge in [-0.05, 0) is 60.7 Å². The second kappa shape index (κ2) is 12.0. The average molecular weight is 511 g/mol. The van der Waals surface area contributed by atoms with Crippen LogP contribution in [-0.4, -0.2) is 32.1 Å². The zero-order valence-corrected chi connectivity index (χ0v) is 21.4. The summed E-state index contributed by atoms with van der Waals surface area (Å²) in [6.07, 6.45) is 5.18. The molecule has 1 aliphatic rings. The minimum atomic E-state index is -1.02. The molecule has 2 aromatic carbocycles. The first kappa shape index (κ1) is 25.7. The van der Waals surface area contributed by atoms with E-state index in [4.69, 9.17) is 9.47 Å². The summed E-state index contributed by atoms with van der Waals surface area (Å²) in [7, 11) is 3.07. The summed E-state index contributed by atoms with van der Waals surface area (Å²) in [5.41, 5.74) is 0.954. The lowest BCUT2D eigenvalue weighted by molar-refractivity contribution is -0.127. The average Bonchev–Trinajstić information content (AvgIpc) is 3.41. The Morgan fingerprint density at radius 2 is 1.81 bits per heavy atom. The van der Waals surface area contributed by atoms with E-state index in [1.54, 1.807) is 25.3 Å². The summed E-state index contributed by atoms with van der Waals surface area (Å²) in [5.74, 6) is 0.00375. The summed E-state index contributed by atoms with van der Waals surface area (Å²) in [4.78, 5) is 30.1. The monoisotopic (exact) mass is 510 g/mol. The predicted octanol–water partition coefficient (Wildman–Crippen LogP) is 5.67. The molecule has 3 aromatic rings. The van der Waals surface area contributed by atoms with Crippen LogP contribution in [0.3, 0.4) is 0 Å². The number of halogens is 1. The van der Waals surface area contributed by atoms with E-state index >= 15 is 0 Å². The van der Waals surface area contributed by atoms with Gasteiger partial charge < -0.3 is 14.8 Å². The maximum atomic E-state index is 14.0. The molecule has 0 saturated heterocycles. The largest absolute Gasteiger partial charge is 0.497 e. The van der Waals surface area contributed by atoms with E-state index in [1.807, 2.05) is 17.5 Å². The number of methoxy groups -OCH3 is 2. The maximum absolute atomic E-state index is 14.0. The third-order valence-electron chi connectivity index (χ3n) is 6.47. The topological polar surface area (TPSA) is 67.9 Å². The minimum absolute atomic E-state index is 0.0421. The third kappa shape index (κ3) is 6.05. The molecule has 1 aromatic heterocycles.